The van der Waals surface area contributed by atoms with Gasteiger partial charge in [0.2, 0.25) is 0 Å². The van der Waals surface area contributed by atoms with Crippen molar-refractivity contribution < 1.29 is 22.4 Å². The number of hydrogen-bond acceptors (Lipinski definition) is 5. The van der Waals surface area contributed by atoms with Gasteiger partial charge in [0, 0.05) is 12.1 Å². The van der Waals surface area contributed by atoms with Crippen LogP contribution in [0.3, 0.4) is 0 Å². The molecule has 2 N–H and O–H groups in total. The van der Waals surface area contributed by atoms with Crippen molar-refractivity contribution in [2.45, 2.75) is 19.5 Å². The van der Waals surface area contributed by atoms with Crippen LogP contribution in [0.5, 0.6) is 0 Å². The third kappa shape index (κ3) is 4.19. The first-order valence-electron chi connectivity index (χ1n) is 6.19. The molecule has 8 heteroatoms. The molecule has 0 aliphatic carbocycles. The largest absolute Gasteiger partial charge is 0.411 e. The Labute approximate surface area is 118 Å². The lowest BCUT2D eigenvalue weighted by Gasteiger charge is -2.05. The van der Waals surface area contributed by atoms with Crippen LogP contribution in [0, 0.1) is 6.92 Å². The fourth-order valence-electron chi connectivity index (χ4n) is 1.68. The van der Waals surface area contributed by atoms with E-state index in [9.17, 15) is 13.2 Å². The van der Waals surface area contributed by atoms with Crippen LogP contribution < -0.4 is 5.73 Å². The summed E-state index contributed by atoms with van der Waals surface area (Å²) in [5, 5.41) is 3.69. The van der Waals surface area contributed by atoms with Gasteiger partial charge in [-0.25, -0.2) is 0 Å². The van der Waals surface area contributed by atoms with E-state index in [1.165, 1.54) is 0 Å². The van der Waals surface area contributed by atoms with E-state index in [4.69, 9.17) is 10.3 Å². The highest BCUT2D eigenvalue weighted by Gasteiger charge is 2.27. The van der Waals surface area contributed by atoms with Gasteiger partial charge in [-0.3, -0.25) is 0 Å². The van der Waals surface area contributed by atoms with Gasteiger partial charge in [0.1, 0.15) is 6.61 Å². The molecule has 0 spiro atoms. The second-order valence-electron chi connectivity index (χ2n) is 4.47. The predicted octanol–water partition coefficient (Wildman–Crippen LogP) is 2.75. The Morgan fingerprint density at radius 1 is 1.33 bits per heavy atom. The number of hydrogen-bond donors (Lipinski definition) is 1. The lowest BCUT2D eigenvalue weighted by Crippen LogP contribution is -2.18. The number of ether oxygens (including phenoxy) is 1. The number of alkyl halides is 3. The molecule has 0 unspecified atom stereocenters. The molecule has 1 heterocycles. The Bertz CT molecular complexity index is 611. The molecule has 21 heavy (non-hydrogen) atoms. The van der Waals surface area contributed by atoms with Gasteiger partial charge in [-0.15, -0.1) is 0 Å². The summed E-state index contributed by atoms with van der Waals surface area (Å²) in [4.78, 5) is 4.10. The van der Waals surface area contributed by atoms with Crippen LogP contribution in [-0.4, -0.2) is 29.5 Å². The molecule has 5 nitrogen and oxygen atoms in total. The number of anilines is 1. The van der Waals surface area contributed by atoms with Gasteiger partial charge in [-0.1, -0.05) is 17.3 Å². The Kier molecular flexibility index (Phi) is 4.46. The maximum Gasteiger partial charge on any atom is 0.411 e. The van der Waals surface area contributed by atoms with Crippen molar-refractivity contribution in [2.24, 2.45) is 0 Å². The molecule has 0 aliphatic heterocycles. The Morgan fingerprint density at radius 2 is 2.10 bits per heavy atom. The van der Waals surface area contributed by atoms with Crippen molar-refractivity contribution in [1.29, 1.82) is 0 Å². The second-order valence-corrected chi connectivity index (χ2v) is 4.47. The SMILES string of the molecule is Cc1cccc(-c2nc(CCOCC(F)(F)F)no2)c1N. The molecule has 1 aromatic carbocycles. The zero-order valence-corrected chi connectivity index (χ0v) is 11.3. The van der Waals surface area contributed by atoms with Crippen molar-refractivity contribution in [2.75, 3.05) is 18.9 Å². The number of nitrogens with two attached hydrogens (primary N) is 1. The maximum absolute atomic E-state index is 11.9. The van der Waals surface area contributed by atoms with Crippen LogP contribution in [0.15, 0.2) is 22.7 Å². The molecule has 2 rings (SSSR count). The van der Waals surface area contributed by atoms with Crippen molar-refractivity contribution in [3.05, 3.63) is 29.6 Å². The molecule has 1 aromatic heterocycles. The lowest BCUT2D eigenvalue weighted by molar-refractivity contribution is -0.173. The summed E-state index contributed by atoms with van der Waals surface area (Å²) < 4.78 is 45.3. The van der Waals surface area contributed by atoms with Crippen LogP contribution in [-0.2, 0) is 11.2 Å². The summed E-state index contributed by atoms with van der Waals surface area (Å²) in [7, 11) is 0. The molecule has 0 bridgehead atoms. The van der Waals surface area contributed by atoms with Crippen LogP contribution in [0.2, 0.25) is 0 Å². The smallest absolute Gasteiger partial charge is 0.398 e. The first-order valence-corrected chi connectivity index (χ1v) is 6.19. The van der Waals surface area contributed by atoms with E-state index in [-0.39, 0.29) is 24.7 Å². The molecule has 0 atom stereocenters. The third-order valence-electron chi connectivity index (χ3n) is 2.76. The summed E-state index contributed by atoms with van der Waals surface area (Å²) in [6.45, 7) is 0.422. The van der Waals surface area contributed by atoms with E-state index < -0.39 is 12.8 Å². The Hall–Kier alpha value is -2.09. The Morgan fingerprint density at radius 3 is 2.81 bits per heavy atom. The minimum Gasteiger partial charge on any atom is -0.398 e. The topological polar surface area (TPSA) is 74.2 Å². The number of benzene rings is 1. The van der Waals surface area contributed by atoms with Gasteiger partial charge >= 0.3 is 6.18 Å². The van der Waals surface area contributed by atoms with Crippen LogP contribution in [0.25, 0.3) is 11.5 Å². The average Bonchev–Trinajstić information content (AvgIpc) is 2.85. The fraction of sp³-hybridized carbons (Fsp3) is 0.385. The fourth-order valence-corrected chi connectivity index (χ4v) is 1.68. The van der Waals surface area contributed by atoms with Crippen LogP contribution >= 0.6 is 0 Å². The van der Waals surface area contributed by atoms with E-state index in [2.05, 4.69) is 14.9 Å². The van der Waals surface area contributed by atoms with E-state index in [0.29, 0.717) is 11.3 Å². The zero-order chi connectivity index (χ0) is 15.5. The van der Waals surface area contributed by atoms with Crippen LogP contribution in [0.4, 0.5) is 18.9 Å². The molecule has 0 amide bonds. The van der Waals surface area contributed by atoms with Crippen molar-refractivity contribution in [3.63, 3.8) is 0 Å². The lowest BCUT2D eigenvalue weighted by atomic mass is 10.1. The van der Waals surface area contributed by atoms with E-state index in [1.54, 1.807) is 12.1 Å². The van der Waals surface area contributed by atoms with E-state index in [0.717, 1.165) is 5.56 Å². The normalized spacial score (nSPS) is 11.8. The molecule has 2 aromatic rings. The standard InChI is InChI=1S/C13H14F3N3O2/c1-8-3-2-4-9(11(8)17)12-18-10(19-21-12)5-6-20-7-13(14,15)16/h2-4H,5-7,17H2,1H3. The van der Waals surface area contributed by atoms with Crippen LogP contribution in [0.1, 0.15) is 11.4 Å². The summed E-state index contributed by atoms with van der Waals surface area (Å²) in [6, 6.07) is 5.39. The summed E-state index contributed by atoms with van der Waals surface area (Å²) in [6.07, 6.45) is -4.20. The second kappa shape index (κ2) is 6.13. The molecule has 0 aliphatic rings. The molecule has 0 fully saturated rings. The summed E-state index contributed by atoms with van der Waals surface area (Å²) in [5.74, 6) is 0.509. The van der Waals surface area contributed by atoms with Crippen molar-refractivity contribution in [3.8, 4) is 11.5 Å². The highest BCUT2D eigenvalue weighted by Crippen LogP contribution is 2.26. The number of nitrogens with zero attached hydrogens (tertiary/aromatic N) is 2. The number of aromatic nitrogens is 2. The third-order valence-corrected chi connectivity index (χ3v) is 2.76. The monoisotopic (exact) mass is 301 g/mol. The van der Waals surface area contributed by atoms with E-state index >= 15 is 0 Å². The number of para-hydroxylation sites is 1. The molecular weight excluding hydrogens is 287 g/mol. The van der Waals surface area contributed by atoms with E-state index in [1.807, 2.05) is 13.0 Å². The molecule has 0 saturated carbocycles. The van der Waals surface area contributed by atoms with Gasteiger partial charge in [-0.05, 0) is 18.6 Å². The summed E-state index contributed by atoms with van der Waals surface area (Å²) in [5.41, 5.74) is 7.92. The highest BCUT2D eigenvalue weighted by molar-refractivity contribution is 5.72. The minimum atomic E-state index is -4.33. The first-order chi connectivity index (χ1) is 9.87. The quantitative estimate of drug-likeness (QED) is 0.679. The number of halogens is 3. The number of nitrogen functional groups attached to an aromatic ring is 1. The number of aryl methyl sites for hydroxylation is 1. The Balaban J connectivity index is 1.97. The average molecular weight is 301 g/mol. The zero-order valence-electron chi connectivity index (χ0n) is 11.3. The molecular formula is C13H14F3N3O2. The van der Waals surface area contributed by atoms with Gasteiger partial charge < -0.3 is 15.0 Å². The minimum absolute atomic E-state index is 0.130. The molecule has 114 valence electrons. The van der Waals surface area contributed by atoms with Gasteiger partial charge in [0.15, 0.2) is 5.82 Å². The molecule has 0 saturated heterocycles. The number of rotatable bonds is 5. The first kappa shape index (κ1) is 15.3. The van der Waals surface area contributed by atoms with Gasteiger partial charge in [0.05, 0.1) is 12.2 Å². The van der Waals surface area contributed by atoms with Crippen molar-refractivity contribution in [1.82, 2.24) is 10.1 Å². The summed E-state index contributed by atoms with van der Waals surface area (Å²) >= 11 is 0. The van der Waals surface area contributed by atoms with Gasteiger partial charge in [0.25, 0.3) is 5.89 Å². The maximum atomic E-state index is 11.9. The van der Waals surface area contributed by atoms with Crippen molar-refractivity contribution >= 4 is 5.69 Å². The molecule has 0 radical (unpaired) electrons. The van der Waals surface area contributed by atoms with Gasteiger partial charge in [-0.2, -0.15) is 18.2 Å². The predicted molar refractivity (Wildman–Crippen MR) is 69.5 cm³/mol. The highest BCUT2D eigenvalue weighted by atomic mass is 19.4.